The third kappa shape index (κ3) is 4.34. The van der Waals surface area contributed by atoms with Crippen LogP contribution in [0.4, 0.5) is 17.2 Å². The number of carbonyl (C=O) groups excluding carboxylic acids is 1. The lowest BCUT2D eigenvalue weighted by Gasteiger charge is -2.28. The molecule has 0 aliphatic carbocycles. The van der Waals surface area contributed by atoms with E-state index in [-0.39, 0.29) is 5.91 Å². The average molecular weight is 352 g/mol. The van der Waals surface area contributed by atoms with Crippen LogP contribution in [0.15, 0.2) is 42.6 Å². The molecule has 1 N–H and O–H groups in total. The first-order chi connectivity index (χ1) is 12.7. The van der Waals surface area contributed by atoms with E-state index < -0.39 is 0 Å². The SMILES string of the molecule is CCN(CC)C(=O)c1ccc(Nc2ccc(N3CCCCC3)cc2)nc1. The summed E-state index contributed by atoms with van der Waals surface area (Å²) in [6.07, 6.45) is 5.55. The number of rotatable bonds is 6. The van der Waals surface area contributed by atoms with E-state index in [1.165, 1.54) is 24.9 Å². The van der Waals surface area contributed by atoms with Crippen LogP contribution in [0.1, 0.15) is 43.5 Å². The number of nitrogens with zero attached hydrogens (tertiary/aromatic N) is 3. The minimum Gasteiger partial charge on any atom is -0.372 e. The molecule has 1 amide bonds. The summed E-state index contributed by atoms with van der Waals surface area (Å²) in [6, 6.07) is 12.2. The molecule has 2 heterocycles. The van der Waals surface area contributed by atoms with Crippen molar-refractivity contribution < 1.29 is 4.79 Å². The first kappa shape index (κ1) is 18.2. The van der Waals surface area contributed by atoms with Gasteiger partial charge in [0.1, 0.15) is 5.82 Å². The predicted molar refractivity (Wildman–Crippen MR) is 107 cm³/mol. The van der Waals surface area contributed by atoms with Gasteiger partial charge in [-0.1, -0.05) is 0 Å². The first-order valence-electron chi connectivity index (χ1n) is 9.58. The van der Waals surface area contributed by atoms with Gasteiger partial charge in [-0.3, -0.25) is 4.79 Å². The molecule has 5 nitrogen and oxygen atoms in total. The van der Waals surface area contributed by atoms with Crippen LogP contribution in [0.5, 0.6) is 0 Å². The number of aromatic nitrogens is 1. The summed E-state index contributed by atoms with van der Waals surface area (Å²) < 4.78 is 0. The molecule has 0 unspecified atom stereocenters. The minimum atomic E-state index is 0.0277. The highest BCUT2D eigenvalue weighted by Crippen LogP contribution is 2.23. The van der Waals surface area contributed by atoms with Gasteiger partial charge in [0.2, 0.25) is 0 Å². The molecule has 1 aromatic carbocycles. The molecule has 2 aromatic rings. The van der Waals surface area contributed by atoms with Crippen LogP contribution < -0.4 is 10.2 Å². The Bertz CT molecular complexity index is 702. The number of carbonyl (C=O) groups is 1. The highest BCUT2D eigenvalue weighted by Gasteiger charge is 2.13. The van der Waals surface area contributed by atoms with Gasteiger partial charge in [0, 0.05) is 43.8 Å². The zero-order chi connectivity index (χ0) is 18.4. The number of hydrogen-bond donors (Lipinski definition) is 1. The van der Waals surface area contributed by atoms with Crippen molar-refractivity contribution in [3.63, 3.8) is 0 Å². The van der Waals surface area contributed by atoms with E-state index in [0.717, 1.165) is 24.6 Å². The lowest BCUT2D eigenvalue weighted by atomic mass is 10.1. The van der Waals surface area contributed by atoms with Crippen LogP contribution in [0.25, 0.3) is 0 Å². The lowest BCUT2D eigenvalue weighted by Crippen LogP contribution is -2.30. The Balaban J connectivity index is 1.62. The van der Waals surface area contributed by atoms with Crippen molar-refractivity contribution in [3.05, 3.63) is 48.2 Å². The molecule has 0 saturated carbocycles. The Morgan fingerprint density at radius 2 is 1.73 bits per heavy atom. The number of anilines is 3. The molecule has 1 fully saturated rings. The molecule has 1 aromatic heterocycles. The Kier molecular flexibility index (Phi) is 6.10. The largest absolute Gasteiger partial charge is 0.372 e. The fourth-order valence-electron chi connectivity index (χ4n) is 3.34. The van der Waals surface area contributed by atoms with Crippen LogP contribution in [0.2, 0.25) is 0 Å². The minimum absolute atomic E-state index is 0.0277. The molecular weight excluding hydrogens is 324 g/mol. The molecule has 5 heteroatoms. The number of hydrogen-bond acceptors (Lipinski definition) is 4. The van der Waals surface area contributed by atoms with Gasteiger partial charge < -0.3 is 15.1 Å². The van der Waals surface area contributed by atoms with Crippen molar-refractivity contribution in [2.24, 2.45) is 0 Å². The molecule has 1 aliphatic rings. The van der Waals surface area contributed by atoms with E-state index in [4.69, 9.17) is 0 Å². The van der Waals surface area contributed by atoms with Crippen molar-refractivity contribution in [3.8, 4) is 0 Å². The molecule has 0 bridgehead atoms. The van der Waals surface area contributed by atoms with Crippen molar-refractivity contribution in [1.82, 2.24) is 9.88 Å². The monoisotopic (exact) mass is 352 g/mol. The zero-order valence-corrected chi connectivity index (χ0v) is 15.7. The van der Waals surface area contributed by atoms with E-state index in [1.54, 1.807) is 11.1 Å². The molecule has 26 heavy (non-hydrogen) atoms. The van der Waals surface area contributed by atoms with Crippen LogP contribution >= 0.6 is 0 Å². The van der Waals surface area contributed by atoms with Gasteiger partial charge in [-0.25, -0.2) is 4.98 Å². The van der Waals surface area contributed by atoms with Gasteiger partial charge >= 0.3 is 0 Å². The van der Waals surface area contributed by atoms with Gasteiger partial charge in [0.05, 0.1) is 5.56 Å². The van der Waals surface area contributed by atoms with Gasteiger partial charge in [-0.2, -0.15) is 0 Å². The van der Waals surface area contributed by atoms with Crippen molar-refractivity contribution in [2.45, 2.75) is 33.1 Å². The molecule has 0 radical (unpaired) electrons. The van der Waals surface area contributed by atoms with Crippen molar-refractivity contribution in [1.29, 1.82) is 0 Å². The highest BCUT2D eigenvalue weighted by molar-refractivity contribution is 5.94. The fourth-order valence-corrected chi connectivity index (χ4v) is 3.34. The number of pyridine rings is 1. The number of amides is 1. The van der Waals surface area contributed by atoms with Gasteiger partial charge in [0.25, 0.3) is 5.91 Å². The second kappa shape index (κ2) is 8.70. The summed E-state index contributed by atoms with van der Waals surface area (Å²) in [4.78, 5) is 21.0. The van der Waals surface area contributed by atoms with Gasteiger partial charge in [-0.15, -0.1) is 0 Å². The average Bonchev–Trinajstić information content (AvgIpc) is 2.71. The topological polar surface area (TPSA) is 48.5 Å². The maximum Gasteiger partial charge on any atom is 0.255 e. The van der Waals surface area contributed by atoms with E-state index in [0.29, 0.717) is 18.7 Å². The van der Waals surface area contributed by atoms with E-state index in [2.05, 4.69) is 39.5 Å². The normalized spacial score (nSPS) is 14.2. The molecule has 1 aliphatic heterocycles. The van der Waals surface area contributed by atoms with Crippen LogP contribution in [0.3, 0.4) is 0 Å². The summed E-state index contributed by atoms with van der Waals surface area (Å²) in [5.74, 6) is 0.770. The van der Waals surface area contributed by atoms with E-state index in [1.807, 2.05) is 26.0 Å². The van der Waals surface area contributed by atoms with Crippen molar-refractivity contribution in [2.75, 3.05) is 36.4 Å². The summed E-state index contributed by atoms with van der Waals surface area (Å²) in [5, 5.41) is 3.30. The van der Waals surface area contributed by atoms with E-state index in [9.17, 15) is 4.79 Å². The van der Waals surface area contributed by atoms with E-state index >= 15 is 0 Å². The Hall–Kier alpha value is -2.56. The molecular formula is C21H28N4O. The summed E-state index contributed by atoms with van der Waals surface area (Å²) >= 11 is 0. The Morgan fingerprint density at radius 3 is 2.31 bits per heavy atom. The highest BCUT2D eigenvalue weighted by atomic mass is 16.2. The third-order valence-electron chi connectivity index (χ3n) is 4.92. The maximum atomic E-state index is 12.3. The molecule has 0 spiro atoms. The molecule has 1 saturated heterocycles. The molecule has 138 valence electrons. The van der Waals surface area contributed by atoms with Crippen LogP contribution in [-0.2, 0) is 0 Å². The van der Waals surface area contributed by atoms with Crippen molar-refractivity contribution >= 4 is 23.1 Å². The maximum absolute atomic E-state index is 12.3. The Morgan fingerprint density at radius 1 is 1.04 bits per heavy atom. The third-order valence-corrected chi connectivity index (χ3v) is 4.92. The quantitative estimate of drug-likeness (QED) is 0.842. The van der Waals surface area contributed by atoms with Gasteiger partial charge in [0.15, 0.2) is 0 Å². The second-order valence-electron chi connectivity index (χ2n) is 6.63. The van der Waals surface area contributed by atoms with Crippen LogP contribution in [-0.4, -0.2) is 42.0 Å². The van der Waals surface area contributed by atoms with Crippen LogP contribution in [0, 0.1) is 0 Å². The molecule has 0 atom stereocenters. The zero-order valence-electron chi connectivity index (χ0n) is 15.7. The number of nitrogens with one attached hydrogen (secondary N) is 1. The number of benzene rings is 1. The second-order valence-corrected chi connectivity index (χ2v) is 6.63. The summed E-state index contributed by atoms with van der Waals surface area (Å²) in [5.41, 5.74) is 2.91. The summed E-state index contributed by atoms with van der Waals surface area (Å²) in [6.45, 7) is 7.68. The fraction of sp³-hybridized carbons (Fsp3) is 0.429. The first-order valence-corrected chi connectivity index (χ1v) is 9.58. The van der Waals surface area contributed by atoms with Gasteiger partial charge in [-0.05, 0) is 69.5 Å². The smallest absolute Gasteiger partial charge is 0.255 e. The predicted octanol–water partition coefficient (Wildman–Crippen LogP) is 4.30. The standard InChI is InChI=1S/C21H28N4O/c1-3-24(4-2)21(26)17-8-13-20(22-16-17)23-18-9-11-19(12-10-18)25-14-6-5-7-15-25/h8-13,16H,3-7,14-15H2,1-2H3,(H,22,23). The number of piperidine rings is 1. The summed E-state index contributed by atoms with van der Waals surface area (Å²) in [7, 11) is 0. The lowest BCUT2D eigenvalue weighted by molar-refractivity contribution is 0.0772. The molecule has 3 rings (SSSR count). The Labute approximate surface area is 156 Å².